The van der Waals surface area contributed by atoms with Crippen LogP contribution in [-0.2, 0) is 17.5 Å². The Balaban J connectivity index is 2.18. The predicted molar refractivity (Wildman–Crippen MR) is 118 cm³/mol. The molecule has 0 saturated heterocycles. The highest BCUT2D eigenvalue weighted by molar-refractivity contribution is 7.79. The van der Waals surface area contributed by atoms with Gasteiger partial charge in [0.15, 0.2) is 11.1 Å². The van der Waals surface area contributed by atoms with Crippen LogP contribution in [0.15, 0.2) is 17.0 Å². The Morgan fingerprint density at radius 3 is 1.64 bits per heavy atom. The molecule has 0 fully saturated rings. The lowest BCUT2D eigenvalue weighted by atomic mass is 10.0. The monoisotopic (exact) mass is 412 g/mol. The van der Waals surface area contributed by atoms with Crippen molar-refractivity contribution in [2.24, 2.45) is 0 Å². The summed E-state index contributed by atoms with van der Waals surface area (Å²) in [5, 5.41) is 0. The van der Waals surface area contributed by atoms with Gasteiger partial charge in [-0.25, -0.2) is 4.21 Å². The van der Waals surface area contributed by atoms with Crippen LogP contribution in [0.4, 0.5) is 0 Å². The van der Waals surface area contributed by atoms with Crippen LogP contribution in [-0.4, -0.2) is 23.0 Å². The fourth-order valence-electron chi connectivity index (χ4n) is 3.60. The van der Waals surface area contributed by atoms with Crippen LogP contribution in [0.25, 0.3) is 0 Å². The van der Waals surface area contributed by atoms with Crippen molar-refractivity contribution < 1.29 is 18.2 Å². The molecule has 0 bridgehead atoms. The molecule has 0 aliphatic heterocycles. The lowest BCUT2D eigenvalue weighted by Crippen LogP contribution is -2.00. The van der Waals surface area contributed by atoms with E-state index in [1.165, 1.54) is 84.2 Å². The maximum Gasteiger partial charge on any atom is 0.190 e. The van der Waals surface area contributed by atoms with Crippen LogP contribution in [0.5, 0.6) is 11.5 Å². The lowest BCUT2D eigenvalue weighted by molar-refractivity contribution is 0.387. The minimum atomic E-state index is -2.08. The van der Waals surface area contributed by atoms with Gasteiger partial charge in [0.05, 0.1) is 14.2 Å². The van der Waals surface area contributed by atoms with Crippen LogP contribution in [0.3, 0.4) is 0 Å². The van der Waals surface area contributed by atoms with Gasteiger partial charge in [0.1, 0.15) is 16.4 Å². The molecule has 162 valence electrons. The van der Waals surface area contributed by atoms with E-state index in [1.54, 1.807) is 13.2 Å². The van der Waals surface area contributed by atoms with Crippen molar-refractivity contribution in [2.75, 3.05) is 14.2 Å². The highest BCUT2D eigenvalue weighted by Crippen LogP contribution is 2.32. The molecular weight excluding hydrogens is 372 g/mol. The van der Waals surface area contributed by atoms with Crippen molar-refractivity contribution in [2.45, 2.75) is 102 Å². The number of ether oxygens (including phenoxy) is 2. The van der Waals surface area contributed by atoms with Gasteiger partial charge in [-0.3, -0.25) is 0 Å². The number of benzene rings is 1. The molecule has 1 rings (SSSR count). The van der Waals surface area contributed by atoms with E-state index in [-0.39, 0.29) is 4.90 Å². The van der Waals surface area contributed by atoms with E-state index in [2.05, 4.69) is 6.92 Å². The molecule has 0 spiro atoms. The third-order valence-electron chi connectivity index (χ3n) is 5.30. The van der Waals surface area contributed by atoms with Gasteiger partial charge in [-0.2, -0.15) is 0 Å². The fourth-order valence-corrected chi connectivity index (χ4v) is 4.12. The van der Waals surface area contributed by atoms with Gasteiger partial charge in [-0.05, 0) is 24.5 Å². The number of aryl methyl sites for hydroxylation is 1. The average Bonchev–Trinajstić information content (AvgIpc) is 2.70. The average molecular weight is 413 g/mol. The minimum Gasteiger partial charge on any atom is -0.496 e. The topological polar surface area (TPSA) is 55.8 Å². The Labute approximate surface area is 174 Å². The molecule has 1 N–H and O–H groups in total. The van der Waals surface area contributed by atoms with Gasteiger partial charge in [0.25, 0.3) is 0 Å². The highest BCUT2D eigenvalue weighted by Gasteiger charge is 2.14. The quantitative estimate of drug-likeness (QED) is 0.223. The van der Waals surface area contributed by atoms with E-state index in [4.69, 9.17) is 9.47 Å². The molecule has 0 heterocycles. The maximum absolute atomic E-state index is 11.4. The SMILES string of the molecule is CCCCCCCCCCCCCCCc1cc(OC)c(S(=O)O)cc1OC. The lowest BCUT2D eigenvalue weighted by Gasteiger charge is -2.13. The second kappa shape index (κ2) is 15.8. The molecule has 5 heteroatoms. The van der Waals surface area contributed by atoms with E-state index in [0.29, 0.717) is 11.5 Å². The van der Waals surface area contributed by atoms with E-state index in [0.717, 1.165) is 18.4 Å². The zero-order chi connectivity index (χ0) is 20.6. The zero-order valence-electron chi connectivity index (χ0n) is 18.1. The number of rotatable bonds is 17. The third-order valence-corrected chi connectivity index (χ3v) is 6.00. The van der Waals surface area contributed by atoms with Gasteiger partial charge < -0.3 is 14.0 Å². The van der Waals surface area contributed by atoms with Gasteiger partial charge in [-0.1, -0.05) is 84.0 Å². The Morgan fingerprint density at radius 2 is 1.21 bits per heavy atom. The van der Waals surface area contributed by atoms with Gasteiger partial charge >= 0.3 is 0 Å². The van der Waals surface area contributed by atoms with E-state index < -0.39 is 11.1 Å². The summed E-state index contributed by atoms with van der Waals surface area (Å²) in [6.45, 7) is 2.27. The first-order valence-corrected chi connectivity index (χ1v) is 12.1. The van der Waals surface area contributed by atoms with Crippen molar-refractivity contribution in [1.29, 1.82) is 0 Å². The third kappa shape index (κ3) is 9.92. The summed E-state index contributed by atoms with van der Waals surface area (Å²) < 4.78 is 31.5. The molecular formula is C23H40O4S. The second-order valence-corrected chi connectivity index (χ2v) is 8.49. The Bertz CT molecular complexity index is 560. The van der Waals surface area contributed by atoms with Gasteiger partial charge in [-0.15, -0.1) is 0 Å². The zero-order valence-corrected chi connectivity index (χ0v) is 19.0. The molecule has 28 heavy (non-hydrogen) atoms. The second-order valence-electron chi connectivity index (χ2n) is 7.56. The predicted octanol–water partition coefficient (Wildman–Crippen LogP) is 6.92. The summed E-state index contributed by atoms with van der Waals surface area (Å²) >= 11 is -2.08. The molecule has 0 radical (unpaired) electrons. The number of methoxy groups -OCH3 is 2. The smallest absolute Gasteiger partial charge is 0.190 e. The van der Waals surface area contributed by atoms with Gasteiger partial charge in [0.2, 0.25) is 0 Å². The van der Waals surface area contributed by atoms with Crippen LogP contribution in [0.1, 0.15) is 96.0 Å². The number of hydrogen-bond donors (Lipinski definition) is 1. The molecule has 1 aromatic rings. The van der Waals surface area contributed by atoms with Crippen molar-refractivity contribution in [3.8, 4) is 11.5 Å². The van der Waals surface area contributed by atoms with Crippen LogP contribution in [0, 0.1) is 0 Å². The number of hydrogen-bond acceptors (Lipinski definition) is 3. The molecule has 1 aromatic carbocycles. The summed E-state index contributed by atoms with van der Waals surface area (Å²) in [4.78, 5) is 0.258. The van der Waals surface area contributed by atoms with Crippen molar-refractivity contribution >= 4 is 11.1 Å². The summed E-state index contributed by atoms with van der Waals surface area (Å²) in [5.74, 6) is 1.11. The van der Waals surface area contributed by atoms with Crippen LogP contribution >= 0.6 is 0 Å². The van der Waals surface area contributed by atoms with Crippen molar-refractivity contribution in [3.05, 3.63) is 17.7 Å². The number of unbranched alkanes of at least 4 members (excludes halogenated alkanes) is 12. The molecule has 1 atom stereocenters. The maximum atomic E-state index is 11.4. The summed E-state index contributed by atoms with van der Waals surface area (Å²) in [6, 6.07) is 3.45. The Kier molecular flexibility index (Phi) is 14.1. The molecule has 0 aliphatic rings. The normalized spacial score (nSPS) is 12.1. The molecule has 4 nitrogen and oxygen atoms in total. The fraction of sp³-hybridized carbons (Fsp3) is 0.739. The highest BCUT2D eigenvalue weighted by atomic mass is 32.2. The summed E-state index contributed by atoms with van der Waals surface area (Å²) in [5.41, 5.74) is 1.04. The summed E-state index contributed by atoms with van der Waals surface area (Å²) in [7, 11) is 3.12. The van der Waals surface area contributed by atoms with E-state index >= 15 is 0 Å². The Morgan fingerprint density at radius 1 is 0.750 bits per heavy atom. The Hall–Kier alpha value is -1.07. The first-order chi connectivity index (χ1) is 13.6. The van der Waals surface area contributed by atoms with Crippen molar-refractivity contribution in [1.82, 2.24) is 0 Å². The first-order valence-electron chi connectivity index (χ1n) is 11.0. The molecule has 0 aliphatic carbocycles. The molecule has 0 saturated carbocycles. The first kappa shape index (κ1) is 25.0. The standard InChI is InChI=1S/C23H40O4S/c1-4-5-6-7-8-9-10-11-12-13-14-15-16-17-20-18-22(27-3)23(28(24)25)19-21(20)26-2/h18-19H,4-17H2,1-3H3,(H,24,25). The van der Waals surface area contributed by atoms with Crippen LogP contribution < -0.4 is 9.47 Å². The minimum absolute atomic E-state index is 0.258. The van der Waals surface area contributed by atoms with E-state index in [9.17, 15) is 8.76 Å². The van der Waals surface area contributed by atoms with Crippen LogP contribution in [0.2, 0.25) is 0 Å². The van der Waals surface area contributed by atoms with Gasteiger partial charge in [0, 0.05) is 6.07 Å². The van der Waals surface area contributed by atoms with Crippen molar-refractivity contribution in [3.63, 3.8) is 0 Å². The van der Waals surface area contributed by atoms with E-state index in [1.807, 2.05) is 6.07 Å². The molecule has 1 unspecified atom stereocenters. The molecule has 0 amide bonds. The molecule has 0 aromatic heterocycles. The summed E-state index contributed by atoms with van der Waals surface area (Å²) in [6.07, 6.45) is 18.3. The largest absolute Gasteiger partial charge is 0.496 e.